The lowest BCUT2D eigenvalue weighted by Gasteiger charge is -2.11. The number of hydrogen-bond acceptors (Lipinski definition) is 8. The van der Waals surface area contributed by atoms with Gasteiger partial charge in [0, 0.05) is 19.1 Å². The highest BCUT2D eigenvalue weighted by atomic mass is 17.0. The van der Waals surface area contributed by atoms with Crippen LogP contribution in [0, 0.1) is 0 Å². The van der Waals surface area contributed by atoms with Gasteiger partial charge in [-0.3, -0.25) is 9.59 Å². The Kier molecular flexibility index (Phi) is 7.98. The fourth-order valence-electron chi connectivity index (χ4n) is 1.07. The second-order valence-electron chi connectivity index (χ2n) is 3.57. The molecule has 0 bridgehead atoms. The lowest BCUT2D eigenvalue weighted by molar-refractivity contribution is -0.309. The van der Waals surface area contributed by atoms with Crippen molar-refractivity contribution in [1.29, 1.82) is 0 Å². The molecular formula is C11H16BNO7. The van der Waals surface area contributed by atoms with E-state index in [4.69, 9.17) is 15.2 Å². The third-order valence-electron chi connectivity index (χ3n) is 1.68. The molecule has 0 aliphatic heterocycles. The molecule has 0 atom stereocenters. The Bertz CT molecular complexity index is 436. The summed E-state index contributed by atoms with van der Waals surface area (Å²) in [6, 6.07) is 5.82. The maximum atomic E-state index is 10.2. The SMILES string of the molecule is CC(=O)ON(C)OC(C)=O.OB(O)c1cccc(O)c1. The van der Waals surface area contributed by atoms with E-state index in [1.54, 1.807) is 6.07 Å². The molecule has 1 rings (SSSR count). The van der Waals surface area contributed by atoms with Crippen molar-refractivity contribution in [2.24, 2.45) is 0 Å². The van der Waals surface area contributed by atoms with Crippen molar-refractivity contribution in [2.45, 2.75) is 13.8 Å². The molecule has 110 valence electrons. The van der Waals surface area contributed by atoms with Crippen LogP contribution >= 0.6 is 0 Å². The van der Waals surface area contributed by atoms with Crippen molar-refractivity contribution in [3.05, 3.63) is 24.3 Å². The van der Waals surface area contributed by atoms with E-state index < -0.39 is 19.1 Å². The van der Waals surface area contributed by atoms with Gasteiger partial charge in [0.2, 0.25) is 0 Å². The Morgan fingerprint density at radius 1 is 1.15 bits per heavy atom. The normalized spacial score (nSPS) is 9.30. The summed E-state index contributed by atoms with van der Waals surface area (Å²) >= 11 is 0. The molecule has 0 aliphatic carbocycles. The number of carbonyl (C=O) groups is 2. The van der Waals surface area contributed by atoms with Gasteiger partial charge in [-0.25, -0.2) is 0 Å². The van der Waals surface area contributed by atoms with Crippen molar-refractivity contribution < 1.29 is 34.4 Å². The number of phenolic OH excluding ortho intramolecular Hbond substituents is 1. The third-order valence-corrected chi connectivity index (χ3v) is 1.68. The predicted molar refractivity (Wildman–Crippen MR) is 69.2 cm³/mol. The van der Waals surface area contributed by atoms with Crippen molar-refractivity contribution >= 4 is 24.5 Å². The molecule has 0 spiro atoms. The molecule has 1 aromatic carbocycles. The van der Waals surface area contributed by atoms with E-state index in [0.29, 0.717) is 10.7 Å². The van der Waals surface area contributed by atoms with Gasteiger partial charge in [-0.15, -0.1) is 0 Å². The minimum Gasteiger partial charge on any atom is -0.508 e. The first kappa shape index (κ1) is 17.9. The molecular weight excluding hydrogens is 269 g/mol. The summed E-state index contributed by atoms with van der Waals surface area (Å²) in [6.07, 6.45) is 0. The molecule has 0 aliphatic rings. The Hall–Kier alpha value is -2.10. The lowest BCUT2D eigenvalue weighted by Crippen LogP contribution is -2.29. The maximum Gasteiger partial charge on any atom is 0.488 e. The van der Waals surface area contributed by atoms with Crippen LogP contribution in [0.15, 0.2) is 24.3 Å². The number of rotatable bonds is 3. The van der Waals surface area contributed by atoms with Crippen LogP contribution in [0.5, 0.6) is 5.75 Å². The van der Waals surface area contributed by atoms with Gasteiger partial charge < -0.3 is 24.8 Å². The van der Waals surface area contributed by atoms with Gasteiger partial charge in [0.25, 0.3) is 0 Å². The number of carbonyl (C=O) groups excluding carboxylic acids is 2. The average molecular weight is 285 g/mol. The topological polar surface area (TPSA) is 117 Å². The fourth-order valence-corrected chi connectivity index (χ4v) is 1.07. The molecule has 0 fully saturated rings. The first-order valence-corrected chi connectivity index (χ1v) is 5.48. The smallest absolute Gasteiger partial charge is 0.488 e. The lowest BCUT2D eigenvalue weighted by atomic mass is 9.80. The van der Waals surface area contributed by atoms with Crippen LogP contribution in [0.25, 0.3) is 0 Å². The zero-order valence-corrected chi connectivity index (χ0v) is 11.3. The van der Waals surface area contributed by atoms with Gasteiger partial charge in [0.05, 0.1) is 7.05 Å². The molecule has 0 saturated heterocycles. The highest BCUT2D eigenvalue weighted by Crippen LogP contribution is 2.02. The first-order chi connectivity index (χ1) is 9.22. The third kappa shape index (κ3) is 8.92. The summed E-state index contributed by atoms with van der Waals surface area (Å²) in [4.78, 5) is 29.0. The van der Waals surface area contributed by atoms with Gasteiger partial charge in [-0.2, -0.15) is 0 Å². The van der Waals surface area contributed by atoms with Crippen molar-refractivity contribution in [3.8, 4) is 5.75 Å². The quantitative estimate of drug-likeness (QED) is 0.475. The van der Waals surface area contributed by atoms with E-state index in [1.807, 2.05) is 0 Å². The fraction of sp³-hybridized carbons (Fsp3) is 0.273. The molecule has 3 N–H and O–H groups in total. The average Bonchev–Trinajstić information content (AvgIpc) is 2.27. The summed E-state index contributed by atoms with van der Waals surface area (Å²) in [7, 11) is -0.199. The van der Waals surface area contributed by atoms with Crippen LogP contribution in [-0.4, -0.2) is 46.5 Å². The Morgan fingerprint density at radius 3 is 1.95 bits per heavy atom. The zero-order chi connectivity index (χ0) is 15.7. The van der Waals surface area contributed by atoms with Crippen LogP contribution in [0.2, 0.25) is 0 Å². The first-order valence-electron chi connectivity index (χ1n) is 5.48. The number of hydroxylamine groups is 2. The second-order valence-corrected chi connectivity index (χ2v) is 3.57. The summed E-state index contributed by atoms with van der Waals surface area (Å²) < 4.78 is 0. The van der Waals surface area contributed by atoms with E-state index in [1.165, 1.54) is 39.1 Å². The van der Waals surface area contributed by atoms with E-state index in [0.717, 1.165) is 0 Å². The molecule has 0 amide bonds. The van der Waals surface area contributed by atoms with Crippen LogP contribution in [-0.2, 0) is 19.3 Å². The predicted octanol–water partition coefficient (Wildman–Crippen LogP) is -1.05. The molecule has 0 unspecified atom stereocenters. The summed E-state index contributed by atoms with van der Waals surface area (Å²) in [6.45, 7) is 2.42. The Balaban J connectivity index is 0.000000361. The van der Waals surface area contributed by atoms with Crippen LogP contribution < -0.4 is 5.46 Å². The highest BCUT2D eigenvalue weighted by Gasteiger charge is 2.09. The Labute approximate surface area is 116 Å². The van der Waals surface area contributed by atoms with E-state index in [-0.39, 0.29) is 5.75 Å². The molecule has 0 saturated carbocycles. The van der Waals surface area contributed by atoms with Crippen LogP contribution in [0.4, 0.5) is 0 Å². The number of aromatic hydroxyl groups is 1. The van der Waals surface area contributed by atoms with Crippen molar-refractivity contribution in [3.63, 3.8) is 0 Å². The minimum absolute atomic E-state index is 0.0330. The molecule has 0 heterocycles. The van der Waals surface area contributed by atoms with Crippen LogP contribution in [0.1, 0.15) is 13.8 Å². The number of phenols is 1. The number of benzene rings is 1. The van der Waals surface area contributed by atoms with Gasteiger partial charge in [-0.1, -0.05) is 12.1 Å². The Morgan fingerprint density at radius 2 is 1.65 bits per heavy atom. The van der Waals surface area contributed by atoms with E-state index in [9.17, 15) is 9.59 Å². The van der Waals surface area contributed by atoms with E-state index >= 15 is 0 Å². The molecule has 0 aromatic heterocycles. The minimum atomic E-state index is -1.51. The molecule has 20 heavy (non-hydrogen) atoms. The van der Waals surface area contributed by atoms with Crippen molar-refractivity contribution in [2.75, 3.05) is 7.05 Å². The highest BCUT2D eigenvalue weighted by molar-refractivity contribution is 6.58. The second kappa shape index (κ2) is 8.91. The largest absolute Gasteiger partial charge is 0.508 e. The van der Waals surface area contributed by atoms with Gasteiger partial charge in [0.15, 0.2) is 0 Å². The zero-order valence-electron chi connectivity index (χ0n) is 11.3. The van der Waals surface area contributed by atoms with Crippen molar-refractivity contribution in [1.82, 2.24) is 5.23 Å². The molecule has 9 heteroatoms. The molecule has 1 aromatic rings. The van der Waals surface area contributed by atoms with Gasteiger partial charge >= 0.3 is 19.1 Å². The van der Waals surface area contributed by atoms with E-state index in [2.05, 4.69) is 9.68 Å². The van der Waals surface area contributed by atoms with Gasteiger partial charge in [0.1, 0.15) is 5.75 Å². The molecule has 8 nitrogen and oxygen atoms in total. The number of hydrogen-bond donors (Lipinski definition) is 3. The maximum absolute atomic E-state index is 10.2. The van der Waals surface area contributed by atoms with Crippen LogP contribution in [0.3, 0.4) is 0 Å². The number of nitrogens with zero attached hydrogens (tertiary/aromatic N) is 1. The van der Waals surface area contributed by atoms with Gasteiger partial charge in [-0.05, 0) is 17.6 Å². The summed E-state index contributed by atoms with van der Waals surface area (Å²) in [5.74, 6) is -1.04. The molecule has 0 radical (unpaired) electrons. The summed E-state index contributed by atoms with van der Waals surface area (Å²) in [5, 5.41) is 26.7. The summed E-state index contributed by atoms with van der Waals surface area (Å²) in [5.41, 5.74) is 0.292. The standard InChI is InChI=1S/C6H7BO3.C5H9NO4/c8-6-3-1-2-5(4-6)7(9)10;1-4(7)9-6(3)10-5(2)8/h1-4,8-10H;1-3H3. The monoisotopic (exact) mass is 285 g/mol.